The lowest BCUT2D eigenvalue weighted by atomic mass is 9.33. The van der Waals surface area contributed by atoms with Crippen LogP contribution in [0.25, 0.3) is 142 Å². The molecule has 20 rings (SSSR count). The van der Waals surface area contributed by atoms with Crippen molar-refractivity contribution in [3.05, 3.63) is 335 Å². The van der Waals surface area contributed by atoms with Gasteiger partial charge in [0.1, 0.15) is 0 Å². The first-order valence-electron chi connectivity index (χ1n) is 38.8. The van der Waals surface area contributed by atoms with Crippen LogP contribution in [-0.2, 0) is 0 Å². The lowest BCUT2D eigenvalue weighted by molar-refractivity contribution is 0.877. The standard InChI is InChI=1S/C102H84B2N4/c1-59(2)85-57-87(103(99-61(5)49-69(50-62(99)6)105-89-37-21-13-29-73(89)74-30-14-22-38-90(74)105)100-63(7)51-70(52-64(100)8)106-91-39-23-15-31-75(91)76-32-16-24-40-92(76)106)83-48-46-82-86(60(3)4)58-88(84-47-45-81(85)97(83)98(82)84)104(101-65(9)53-71(54-66(101)10)107-93-41-25-17-33-77(93)78-34-18-26-42-94(78)107)102-67(11)55-72(56-68(102)12)108-95-43-27-19-35-79(95)80-36-20-28-44-96(80)108/h13-60H,1-12H3. The van der Waals surface area contributed by atoms with Crippen LogP contribution in [0.15, 0.2) is 279 Å². The van der Waals surface area contributed by atoms with Crippen LogP contribution in [-0.4, -0.2) is 31.7 Å². The van der Waals surface area contributed by atoms with Crippen molar-refractivity contribution in [2.75, 3.05) is 0 Å². The molecule has 4 aromatic heterocycles. The van der Waals surface area contributed by atoms with Crippen LogP contribution < -0.4 is 32.8 Å². The molecule has 4 nitrogen and oxygen atoms in total. The molecule has 0 aliphatic carbocycles. The van der Waals surface area contributed by atoms with Crippen molar-refractivity contribution in [2.45, 2.75) is 94.9 Å². The minimum Gasteiger partial charge on any atom is -0.309 e. The molecule has 0 aliphatic heterocycles. The molecule has 0 unspecified atom stereocenters. The van der Waals surface area contributed by atoms with Crippen LogP contribution >= 0.6 is 0 Å². The zero-order chi connectivity index (χ0) is 73.4. The number of rotatable bonds is 12. The highest BCUT2D eigenvalue weighted by atomic mass is 15.0. The third-order valence-electron chi connectivity index (χ3n) is 24.7. The van der Waals surface area contributed by atoms with Crippen LogP contribution in [0.3, 0.4) is 0 Å². The molecular weight excluding hydrogens is 1300 g/mol. The van der Waals surface area contributed by atoms with Gasteiger partial charge >= 0.3 is 0 Å². The fourth-order valence-corrected chi connectivity index (χ4v) is 20.4. The van der Waals surface area contributed by atoms with E-state index in [1.54, 1.807) is 0 Å². The summed E-state index contributed by atoms with van der Waals surface area (Å²) in [6.45, 7) is 28.5. The quantitative estimate of drug-likeness (QED) is 0.0858. The Hall–Kier alpha value is -12.1. The minimum atomic E-state index is -0.153. The summed E-state index contributed by atoms with van der Waals surface area (Å²) in [4.78, 5) is 0. The average molecular weight is 1390 g/mol. The maximum atomic E-state index is 2.65. The van der Waals surface area contributed by atoms with Gasteiger partial charge in [0.15, 0.2) is 0 Å². The highest BCUT2D eigenvalue weighted by Gasteiger charge is 2.36. The second-order valence-electron chi connectivity index (χ2n) is 31.8. The van der Waals surface area contributed by atoms with Crippen LogP contribution in [0.1, 0.15) is 95.2 Å². The van der Waals surface area contributed by atoms with E-state index in [-0.39, 0.29) is 25.3 Å². The normalized spacial score (nSPS) is 12.2. The second-order valence-corrected chi connectivity index (χ2v) is 31.8. The number of nitrogens with zero attached hydrogens (tertiary/aromatic N) is 4. The number of hydrogen-bond acceptors (Lipinski definition) is 0. The van der Waals surface area contributed by atoms with E-state index in [4.69, 9.17) is 0 Å². The summed E-state index contributed by atoms with van der Waals surface area (Å²) in [6.07, 6.45) is 0. The first kappa shape index (κ1) is 65.4. The van der Waals surface area contributed by atoms with E-state index in [2.05, 4.69) is 380 Å². The molecule has 6 heteroatoms. The Morgan fingerprint density at radius 3 is 0.565 bits per heavy atom. The van der Waals surface area contributed by atoms with Crippen molar-refractivity contribution in [2.24, 2.45) is 0 Å². The van der Waals surface area contributed by atoms with Gasteiger partial charge in [0, 0.05) is 65.8 Å². The van der Waals surface area contributed by atoms with Gasteiger partial charge in [0.2, 0.25) is 13.4 Å². The molecular formula is C102H84B2N4. The van der Waals surface area contributed by atoms with Crippen molar-refractivity contribution >= 4 is 166 Å². The zero-order valence-corrected chi connectivity index (χ0v) is 63.7. The van der Waals surface area contributed by atoms with Crippen molar-refractivity contribution in [1.82, 2.24) is 18.3 Å². The highest BCUT2D eigenvalue weighted by Crippen LogP contribution is 2.43. The fourth-order valence-electron chi connectivity index (χ4n) is 20.4. The molecule has 518 valence electrons. The Morgan fingerprint density at radius 2 is 0.380 bits per heavy atom. The summed E-state index contributed by atoms with van der Waals surface area (Å²) >= 11 is 0. The lowest BCUT2D eigenvalue weighted by Gasteiger charge is -2.30. The van der Waals surface area contributed by atoms with Crippen molar-refractivity contribution in [3.63, 3.8) is 0 Å². The summed E-state index contributed by atoms with van der Waals surface area (Å²) in [5.41, 5.74) is 35.5. The van der Waals surface area contributed by atoms with Crippen molar-refractivity contribution < 1.29 is 0 Å². The monoisotopic (exact) mass is 1390 g/mol. The first-order valence-corrected chi connectivity index (χ1v) is 38.8. The first-order chi connectivity index (χ1) is 52.6. The fraction of sp³-hybridized carbons (Fsp3) is 0.137. The molecule has 0 saturated carbocycles. The van der Waals surface area contributed by atoms with Gasteiger partial charge in [0.25, 0.3) is 0 Å². The van der Waals surface area contributed by atoms with Crippen molar-refractivity contribution in [3.8, 4) is 22.7 Å². The van der Waals surface area contributed by atoms with E-state index in [9.17, 15) is 0 Å². The van der Waals surface area contributed by atoms with Gasteiger partial charge in [-0.15, -0.1) is 0 Å². The lowest BCUT2D eigenvalue weighted by Crippen LogP contribution is -2.56. The molecule has 0 spiro atoms. The Morgan fingerprint density at radius 1 is 0.204 bits per heavy atom. The number of hydrogen-bond donors (Lipinski definition) is 0. The van der Waals surface area contributed by atoms with E-state index in [1.807, 2.05) is 0 Å². The van der Waals surface area contributed by atoms with Gasteiger partial charge in [-0.05, 0) is 208 Å². The number of fused-ring (bicyclic) bond motifs is 12. The number of para-hydroxylation sites is 8. The predicted octanol–water partition coefficient (Wildman–Crippen LogP) is 22.7. The molecule has 4 heterocycles. The maximum absolute atomic E-state index is 2.65. The van der Waals surface area contributed by atoms with Crippen LogP contribution in [0.5, 0.6) is 0 Å². The molecule has 0 atom stereocenters. The Bertz CT molecular complexity index is 6110. The Labute approximate surface area is 632 Å². The summed E-state index contributed by atoms with van der Waals surface area (Å²) in [6, 6.07) is 107. The molecule has 16 aromatic carbocycles. The van der Waals surface area contributed by atoms with E-state index in [1.165, 1.54) is 231 Å². The highest BCUT2D eigenvalue weighted by molar-refractivity contribution is 6.99. The van der Waals surface area contributed by atoms with Gasteiger partial charge < -0.3 is 18.3 Å². The smallest absolute Gasteiger partial charge is 0.243 e. The van der Waals surface area contributed by atoms with Gasteiger partial charge in [-0.2, -0.15) is 0 Å². The number of aryl methyl sites for hydroxylation is 8. The van der Waals surface area contributed by atoms with E-state index in [0.717, 1.165) is 0 Å². The summed E-state index contributed by atoms with van der Waals surface area (Å²) in [5.74, 6) is 0.421. The minimum absolute atomic E-state index is 0.153. The third kappa shape index (κ3) is 9.64. The molecule has 0 fully saturated rings. The maximum Gasteiger partial charge on any atom is 0.243 e. The van der Waals surface area contributed by atoms with Gasteiger partial charge in [-0.3, -0.25) is 0 Å². The van der Waals surface area contributed by atoms with E-state index >= 15 is 0 Å². The SMILES string of the molecule is Cc1cc(-n2c3ccccc3c3ccccc32)cc(C)c1B(c1c(C)cc(-n2c3ccccc3c3ccccc32)cc1C)c1cc(C(C)C)c2ccc3c(B(c4c(C)cc(-n5c6ccccc6c6ccccc65)cc4C)c4c(C)cc(-n5c6ccccc6c6ccccc65)cc4C)cc(C(C)C)c4ccc1c2c34. The van der Waals surface area contributed by atoms with Crippen LogP contribution in [0.2, 0.25) is 0 Å². The Balaban J connectivity index is 0.864. The number of benzene rings is 16. The molecule has 0 saturated heterocycles. The topological polar surface area (TPSA) is 19.7 Å². The largest absolute Gasteiger partial charge is 0.309 e. The molecule has 0 aliphatic rings. The van der Waals surface area contributed by atoms with Crippen LogP contribution in [0.4, 0.5) is 0 Å². The van der Waals surface area contributed by atoms with Gasteiger partial charge in [-0.1, -0.05) is 287 Å². The Kier molecular flexibility index (Phi) is 15.0. The molecule has 0 radical (unpaired) electrons. The van der Waals surface area contributed by atoms with E-state index in [0.29, 0.717) is 0 Å². The summed E-state index contributed by atoms with van der Waals surface area (Å²) in [7, 11) is 0. The molecule has 20 aromatic rings. The van der Waals surface area contributed by atoms with Crippen molar-refractivity contribution in [1.29, 1.82) is 0 Å². The molecule has 0 N–H and O–H groups in total. The van der Waals surface area contributed by atoms with Gasteiger partial charge in [0.05, 0.1) is 44.1 Å². The average Bonchev–Trinajstić information content (AvgIpc) is 1.10. The summed E-state index contributed by atoms with van der Waals surface area (Å²) in [5, 5.41) is 18.1. The van der Waals surface area contributed by atoms with Crippen LogP contribution in [0, 0.1) is 55.4 Å². The molecule has 108 heavy (non-hydrogen) atoms. The predicted molar refractivity (Wildman–Crippen MR) is 469 cm³/mol. The molecule has 0 amide bonds. The second kappa shape index (κ2) is 24.7. The third-order valence-corrected chi connectivity index (χ3v) is 24.7. The van der Waals surface area contributed by atoms with E-state index < -0.39 is 0 Å². The molecule has 0 bridgehead atoms. The zero-order valence-electron chi connectivity index (χ0n) is 63.7. The van der Waals surface area contributed by atoms with Gasteiger partial charge in [-0.25, -0.2) is 0 Å². The summed E-state index contributed by atoms with van der Waals surface area (Å²) < 4.78 is 9.99. The number of aromatic nitrogens is 4.